The first-order valence-electron chi connectivity index (χ1n) is 15.5. The van der Waals surface area contributed by atoms with Gasteiger partial charge in [0.2, 0.25) is 5.91 Å². The maximum Gasteiger partial charge on any atom is 0.274 e. The lowest BCUT2D eigenvalue weighted by Crippen LogP contribution is -2.35. The molecule has 11 nitrogen and oxygen atoms in total. The predicted octanol–water partition coefficient (Wildman–Crippen LogP) is 3.78. The monoisotopic (exact) mass is 618 g/mol. The molecule has 1 fully saturated rings. The highest BCUT2D eigenvalue weighted by Gasteiger charge is 2.20. The smallest absolute Gasteiger partial charge is 0.274 e. The summed E-state index contributed by atoms with van der Waals surface area (Å²) in [4.78, 5) is 28.9. The minimum atomic E-state index is -0.276. The zero-order valence-corrected chi connectivity index (χ0v) is 26.0. The third kappa shape index (κ3) is 6.81. The third-order valence-electron chi connectivity index (χ3n) is 8.43. The van der Waals surface area contributed by atoms with Crippen LogP contribution in [-0.2, 0) is 17.9 Å². The van der Waals surface area contributed by atoms with Gasteiger partial charge >= 0.3 is 0 Å². The average molecular weight is 619 g/mol. The van der Waals surface area contributed by atoms with Crippen LogP contribution in [-0.4, -0.2) is 62.2 Å². The van der Waals surface area contributed by atoms with Gasteiger partial charge in [-0.1, -0.05) is 36.4 Å². The first-order valence-corrected chi connectivity index (χ1v) is 15.5. The van der Waals surface area contributed by atoms with Crippen LogP contribution in [0.5, 0.6) is 0 Å². The van der Waals surface area contributed by atoms with E-state index in [4.69, 9.17) is 5.11 Å². The van der Waals surface area contributed by atoms with Gasteiger partial charge in [-0.2, -0.15) is 0 Å². The Bertz CT molecular complexity index is 1870. The van der Waals surface area contributed by atoms with Gasteiger partial charge in [0.05, 0.1) is 13.2 Å². The van der Waals surface area contributed by atoms with Crippen molar-refractivity contribution in [3.05, 3.63) is 101 Å². The van der Waals surface area contributed by atoms with Crippen LogP contribution >= 0.6 is 0 Å². The maximum absolute atomic E-state index is 13.1. The Morgan fingerprint density at radius 1 is 0.978 bits per heavy atom. The van der Waals surface area contributed by atoms with Crippen molar-refractivity contribution < 1.29 is 14.7 Å². The molecule has 0 saturated carbocycles. The first kappa shape index (κ1) is 31.0. The maximum atomic E-state index is 13.1. The third-order valence-corrected chi connectivity index (χ3v) is 8.43. The molecule has 1 aliphatic heterocycles. The summed E-state index contributed by atoms with van der Waals surface area (Å²) in [6, 6.07) is 20.0. The Balaban J connectivity index is 1.18. The van der Waals surface area contributed by atoms with E-state index in [1.165, 1.54) is 0 Å². The lowest BCUT2D eigenvalue weighted by Gasteiger charge is -2.17. The van der Waals surface area contributed by atoms with Gasteiger partial charge in [-0.3, -0.25) is 19.0 Å². The van der Waals surface area contributed by atoms with E-state index in [0.29, 0.717) is 38.3 Å². The van der Waals surface area contributed by atoms with Crippen molar-refractivity contribution in [3.63, 3.8) is 0 Å². The molecule has 1 atom stereocenters. The number of fused-ring (bicyclic) bond motifs is 1. The number of carbonyl (C=O) groups excluding carboxylic acids is 2. The molecular formula is C35H38N8O3. The van der Waals surface area contributed by atoms with Gasteiger partial charge in [0, 0.05) is 50.2 Å². The van der Waals surface area contributed by atoms with Gasteiger partial charge in [0.25, 0.3) is 5.91 Å². The molecular weight excluding hydrogens is 580 g/mol. The van der Waals surface area contributed by atoms with Gasteiger partial charge in [0.1, 0.15) is 5.69 Å². The minimum absolute atomic E-state index is 0.0688. The van der Waals surface area contributed by atoms with E-state index >= 15 is 0 Å². The summed E-state index contributed by atoms with van der Waals surface area (Å²) in [6.45, 7) is 6.52. The summed E-state index contributed by atoms with van der Waals surface area (Å²) >= 11 is 0. The number of benzene rings is 2. The van der Waals surface area contributed by atoms with E-state index in [2.05, 4.69) is 73.7 Å². The Morgan fingerprint density at radius 2 is 1.78 bits per heavy atom. The van der Waals surface area contributed by atoms with Crippen LogP contribution in [0, 0.1) is 13.8 Å². The van der Waals surface area contributed by atoms with Gasteiger partial charge < -0.3 is 26.4 Å². The molecule has 5 aromatic rings. The largest absolute Gasteiger partial charge is 0.395 e. The molecule has 11 heteroatoms. The molecule has 3 aromatic heterocycles. The zero-order chi connectivity index (χ0) is 32.0. The topological polar surface area (TPSA) is 146 Å². The fourth-order valence-corrected chi connectivity index (χ4v) is 5.88. The molecule has 2 amide bonds. The number of aliphatic hydroxyl groups is 1. The quantitative estimate of drug-likeness (QED) is 0.133. The highest BCUT2D eigenvalue weighted by molar-refractivity contribution is 6.03. The summed E-state index contributed by atoms with van der Waals surface area (Å²) in [7, 11) is 0. The van der Waals surface area contributed by atoms with Gasteiger partial charge in [-0.15, -0.1) is 10.2 Å². The van der Waals surface area contributed by atoms with Crippen LogP contribution in [0.1, 0.15) is 45.8 Å². The second-order valence-corrected chi connectivity index (χ2v) is 11.6. The second-order valence-electron chi connectivity index (χ2n) is 11.6. The van der Waals surface area contributed by atoms with Crippen LogP contribution < -0.4 is 21.3 Å². The number of nitrogens with zero attached hydrogens (tertiary/aromatic N) is 4. The number of aromatic nitrogens is 4. The highest BCUT2D eigenvalue weighted by Crippen LogP contribution is 2.35. The number of aliphatic hydroxyl groups excluding tert-OH is 1. The molecule has 0 aliphatic carbocycles. The van der Waals surface area contributed by atoms with E-state index in [1.807, 2.05) is 41.8 Å². The van der Waals surface area contributed by atoms with Gasteiger partial charge in [-0.25, -0.2) is 0 Å². The number of nitrogens with one attached hydrogen (secondary N) is 4. The molecule has 6 rings (SSSR count). The van der Waals surface area contributed by atoms with Crippen LogP contribution in [0.25, 0.3) is 27.9 Å². The van der Waals surface area contributed by atoms with E-state index in [1.54, 1.807) is 12.3 Å². The van der Waals surface area contributed by atoms with Crippen molar-refractivity contribution >= 4 is 23.1 Å². The molecule has 0 bridgehead atoms. The first-order chi connectivity index (χ1) is 22.4. The fourth-order valence-electron chi connectivity index (χ4n) is 5.88. The Hall–Kier alpha value is -4.97. The summed E-state index contributed by atoms with van der Waals surface area (Å²) in [5.41, 5.74) is 9.07. The summed E-state index contributed by atoms with van der Waals surface area (Å²) in [6.07, 6.45) is 5.11. The molecule has 1 aliphatic rings. The van der Waals surface area contributed by atoms with E-state index < -0.39 is 0 Å². The predicted molar refractivity (Wildman–Crippen MR) is 177 cm³/mol. The van der Waals surface area contributed by atoms with E-state index in [0.717, 1.165) is 62.5 Å². The lowest BCUT2D eigenvalue weighted by molar-refractivity contribution is -0.119. The molecule has 0 unspecified atom stereocenters. The molecule has 0 spiro atoms. The van der Waals surface area contributed by atoms with Crippen molar-refractivity contribution in [2.24, 2.45) is 0 Å². The minimum Gasteiger partial charge on any atom is -0.395 e. The number of pyridine rings is 2. The zero-order valence-electron chi connectivity index (χ0n) is 26.0. The lowest BCUT2D eigenvalue weighted by atomic mass is 9.90. The van der Waals surface area contributed by atoms with Gasteiger partial charge in [0.15, 0.2) is 11.5 Å². The second kappa shape index (κ2) is 14.0. The van der Waals surface area contributed by atoms with Crippen molar-refractivity contribution in [2.45, 2.75) is 45.8 Å². The van der Waals surface area contributed by atoms with Crippen molar-refractivity contribution in [3.8, 4) is 22.3 Å². The molecule has 1 saturated heterocycles. The molecule has 2 aromatic carbocycles. The number of hydrogen-bond donors (Lipinski definition) is 5. The number of rotatable bonds is 12. The normalized spacial score (nSPS) is 14.5. The SMILES string of the molecule is Cc1c(NC(=O)c2ccc(CNCCO)cn2)cccc1-c1cccc(-c2ccn3c(CNC[C@@H]4CCC(=O)N4)nnc3c2)c1C. The number of carbonyl (C=O) groups is 2. The Kier molecular flexibility index (Phi) is 9.43. The van der Waals surface area contributed by atoms with Crippen molar-refractivity contribution in [2.75, 3.05) is 25.0 Å². The van der Waals surface area contributed by atoms with Crippen LogP contribution in [0.15, 0.2) is 73.1 Å². The number of hydrogen-bond acceptors (Lipinski definition) is 8. The average Bonchev–Trinajstić information content (AvgIpc) is 3.68. The van der Waals surface area contributed by atoms with Crippen molar-refractivity contribution in [1.82, 2.24) is 35.5 Å². The van der Waals surface area contributed by atoms with Crippen LogP contribution in [0.3, 0.4) is 0 Å². The molecule has 5 N–H and O–H groups in total. The molecule has 4 heterocycles. The number of anilines is 1. The summed E-state index contributed by atoms with van der Waals surface area (Å²) < 4.78 is 1.98. The molecule has 236 valence electrons. The van der Waals surface area contributed by atoms with E-state index in [9.17, 15) is 9.59 Å². The fraction of sp³-hybridized carbons (Fsp3) is 0.286. The molecule has 46 heavy (non-hydrogen) atoms. The van der Waals surface area contributed by atoms with Crippen molar-refractivity contribution in [1.29, 1.82) is 0 Å². The van der Waals surface area contributed by atoms with E-state index in [-0.39, 0.29) is 24.5 Å². The molecule has 0 radical (unpaired) electrons. The standard InChI is InChI=1S/C35H38N8O3/c1-22-27(25-13-15-43-32(17-25)41-42-33(43)21-37-20-26-10-12-34(45)39-26)5-3-6-28(22)29-7-4-8-30(23(29)2)40-35(46)31-11-9-24(19-38-31)18-36-14-16-44/h3-9,11,13,15,17,19,26,36-37,44H,10,12,14,16,18,20-21H2,1-2H3,(H,39,45)(H,40,46)/t26-/m0/s1. The summed E-state index contributed by atoms with van der Waals surface area (Å²) in [5.74, 6) is 0.648. The van der Waals surface area contributed by atoms with Crippen LogP contribution in [0.2, 0.25) is 0 Å². The van der Waals surface area contributed by atoms with Gasteiger partial charge in [-0.05, 0) is 83.5 Å². The Morgan fingerprint density at radius 3 is 2.54 bits per heavy atom. The Labute approximate surface area is 267 Å². The summed E-state index contributed by atoms with van der Waals surface area (Å²) in [5, 5.41) is 30.3. The van der Waals surface area contributed by atoms with Crippen LogP contribution in [0.4, 0.5) is 5.69 Å². The number of amides is 2. The highest BCUT2D eigenvalue weighted by atomic mass is 16.3.